The number of rotatable bonds is 3. The molecular weight excluding hydrogens is 156 g/mol. The van der Waals surface area contributed by atoms with E-state index in [2.05, 4.69) is 5.32 Å². The molecule has 0 bridgehead atoms. The molecule has 0 aliphatic heterocycles. The lowest BCUT2D eigenvalue weighted by Crippen LogP contribution is -2.27. The fourth-order valence-corrected chi connectivity index (χ4v) is 0.980. The number of hydrogen-bond acceptors (Lipinski definition) is 3. The van der Waals surface area contributed by atoms with E-state index in [-0.39, 0.29) is 0 Å². The molecule has 1 atom stereocenters. The molecule has 0 aliphatic carbocycles. The van der Waals surface area contributed by atoms with Gasteiger partial charge in [-0.3, -0.25) is 0 Å². The van der Waals surface area contributed by atoms with E-state index in [0.717, 1.165) is 0 Å². The summed E-state index contributed by atoms with van der Waals surface area (Å²) in [6.45, 7) is 0.448. The molecule has 4 heteroatoms. The minimum atomic E-state index is -0.614. The lowest BCUT2D eigenvalue weighted by molar-refractivity contribution is -0.606. The number of aromatic nitrogens is 1. The standard InChI is InChI=1S/C8H12N2O2/c1-9-5-8(11)7-3-2-4-10(12)6-7/h2-4,6,8-9,11H,5H2,1H3. The van der Waals surface area contributed by atoms with Gasteiger partial charge in [0.25, 0.3) is 0 Å². The number of hydrogen-bond donors (Lipinski definition) is 2. The van der Waals surface area contributed by atoms with Crippen molar-refractivity contribution in [2.24, 2.45) is 0 Å². The summed E-state index contributed by atoms with van der Waals surface area (Å²) >= 11 is 0. The number of aliphatic hydroxyl groups is 1. The fourth-order valence-electron chi connectivity index (χ4n) is 0.980. The van der Waals surface area contributed by atoms with E-state index >= 15 is 0 Å². The normalized spacial score (nSPS) is 12.8. The van der Waals surface area contributed by atoms with Crippen molar-refractivity contribution >= 4 is 0 Å². The molecule has 4 nitrogen and oxygen atoms in total. The monoisotopic (exact) mass is 168 g/mol. The Balaban J connectivity index is 2.73. The summed E-state index contributed by atoms with van der Waals surface area (Å²) in [7, 11) is 1.75. The highest BCUT2D eigenvalue weighted by molar-refractivity contribution is 5.09. The van der Waals surface area contributed by atoms with Crippen LogP contribution in [0.4, 0.5) is 0 Å². The Labute approximate surface area is 71.0 Å². The quantitative estimate of drug-likeness (QED) is 0.475. The van der Waals surface area contributed by atoms with Crippen LogP contribution in [0.3, 0.4) is 0 Å². The Morgan fingerprint density at radius 1 is 1.75 bits per heavy atom. The summed E-state index contributed by atoms with van der Waals surface area (Å²) < 4.78 is 0.675. The number of likely N-dealkylation sites (N-methyl/N-ethyl adjacent to an activating group) is 1. The molecule has 0 amide bonds. The summed E-state index contributed by atoms with van der Waals surface area (Å²) in [5.74, 6) is 0. The average Bonchev–Trinajstić information content (AvgIpc) is 2.05. The highest BCUT2D eigenvalue weighted by Crippen LogP contribution is 2.07. The van der Waals surface area contributed by atoms with Gasteiger partial charge in [0.15, 0.2) is 12.4 Å². The molecule has 0 spiro atoms. The zero-order chi connectivity index (χ0) is 8.97. The van der Waals surface area contributed by atoms with Crippen molar-refractivity contribution in [2.75, 3.05) is 13.6 Å². The summed E-state index contributed by atoms with van der Waals surface area (Å²) in [4.78, 5) is 0. The molecule has 0 radical (unpaired) electrons. The van der Waals surface area contributed by atoms with Crippen molar-refractivity contribution in [1.29, 1.82) is 0 Å². The molecule has 0 aliphatic rings. The van der Waals surface area contributed by atoms with E-state index in [9.17, 15) is 10.3 Å². The number of pyridine rings is 1. The van der Waals surface area contributed by atoms with Crippen molar-refractivity contribution in [3.8, 4) is 0 Å². The van der Waals surface area contributed by atoms with Crippen molar-refractivity contribution in [3.05, 3.63) is 35.3 Å². The van der Waals surface area contributed by atoms with E-state index in [4.69, 9.17) is 0 Å². The Morgan fingerprint density at radius 2 is 2.50 bits per heavy atom. The van der Waals surface area contributed by atoms with Gasteiger partial charge < -0.3 is 15.6 Å². The molecule has 2 N–H and O–H groups in total. The van der Waals surface area contributed by atoms with E-state index in [1.807, 2.05) is 0 Å². The van der Waals surface area contributed by atoms with Gasteiger partial charge in [-0.1, -0.05) is 0 Å². The predicted molar refractivity (Wildman–Crippen MR) is 44.3 cm³/mol. The molecule has 1 unspecified atom stereocenters. The van der Waals surface area contributed by atoms with E-state index in [0.29, 0.717) is 16.8 Å². The van der Waals surface area contributed by atoms with Gasteiger partial charge in [-0.25, -0.2) is 0 Å². The first-order valence-electron chi connectivity index (χ1n) is 3.75. The minimum Gasteiger partial charge on any atom is -0.619 e. The van der Waals surface area contributed by atoms with Gasteiger partial charge in [-0.05, 0) is 13.1 Å². The van der Waals surface area contributed by atoms with Crippen LogP contribution in [0.2, 0.25) is 0 Å². The van der Waals surface area contributed by atoms with E-state index in [1.165, 1.54) is 12.4 Å². The van der Waals surface area contributed by atoms with Gasteiger partial charge in [0.05, 0.1) is 6.10 Å². The van der Waals surface area contributed by atoms with Crippen molar-refractivity contribution in [2.45, 2.75) is 6.10 Å². The predicted octanol–water partition coefficient (Wildman–Crippen LogP) is -0.427. The van der Waals surface area contributed by atoms with Crippen LogP contribution in [0.15, 0.2) is 24.5 Å². The maximum atomic E-state index is 10.8. The Morgan fingerprint density at radius 3 is 3.08 bits per heavy atom. The van der Waals surface area contributed by atoms with Crippen LogP contribution in [-0.2, 0) is 0 Å². The highest BCUT2D eigenvalue weighted by atomic mass is 16.5. The van der Waals surface area contributed by atoms with Gasteiger partial charge in [0, 0.05) is 18.2 Å². The number of nitrogens with zero attached hydrogens (tertiary/aromatic N) is 1. The van der Waals surface area contributed by atoms with Crippen LogP contribution < -0.4 is 10.0 Å². The molecule has 0 fully saturated rings. The Bertz CT molecular complexity index is 253. The van der Waals surface area contributed by atoms with E-state index < -0.39 is 6.10 Å². The summed E-state index contributed by atoms with van der Waals surface area (Å²) in [6.07, 6.45) is 2.13. The summed E-state index contributed by atoms with van der Waals surface area (Å²) in [5, 5.41) is 23.0. The summed E-state index contributed by atoms with van der Waals surface area (Å²) in [5.41, 5.74) is 0.627. The maximum Gasteiger partial charge on any atom is 0.186 e. The molecule has 1 aromatic heterocycles. The second-order valence-electron chi connectivity index (χ2n) is 2.57. The fraction of sp³-hybridized carbons (Fsp3) is 0.375. The average molecular weight is 168 g/mol. The van der Waals surface area contributed by atoms with Crippen LogP contribution in [0.5, 0.6) is 0 Å². The van der Waals surface area contributed by atoms with Gasteiger partial charge in [-0.15, -0.1) is 0 Å². The molecule has 1 heterocycles. The van der Waals surface area contributed by atoms with Gasteiger partial charge in [0.1, 0.15) is 0 Å². The van der Waals surface area contributed by atoms with Crippen molar-refractivity contribution < 1.29 is 9.84 Å². The zero-order valence-electron chi connectivity index (χ0n) is 6.90. The van der Waals surface area contributed by atoms with E-state index in [1.54, 1.807) is 19.2 Å². The molecule has 66 valence electrons. The van der Waals surface area contributed by atoms with Crippen LogP contribution in [0, 0.1) is 5.21 Å². The lowest BCUT2D eigenvalue weighted by atomic mass is 10.2. The lowest BCUT2D eigenvalue weighted by Gasteiger charge is -2.08. The third-order valence-electron chi connectivity index (χ3n) is 1.58. The first kappa shape index (κ1) is 8.96. The van der Waals surface area contributed by atoms with Crippen molar-refractivity contribution in [1.82, 2.24) is 5.32 Å². The first-order chi connectivity index (χ1) is 5.74. The number of aliphatic hydroxyl groups excluding tert-OH is 1. The minimum absolute atomic E-state index is 0.448. The third-order valence-corrected chi connectivity index (χ3v) is 1.58. The highest BCUT2D eigenvalue weighted by Gasteiger charge is 2.07. The van der Waals surface area contributed by atoms with Gasteiger partial charge in [-0.2, -0.15) is 4.73 Å². The largest absolute Gasteiger partial charge is 0.619 e. The van der Waals surface area contributed by atoms with Crippen LogP contribution in [0.25, 0.3) is 0 Å². The van der Waals surface area contributed by atoms with Gasteiger partial charge >= 0.3 is 0 Å². The zero-order valence-corrected chi connectivity index (χ0v) is 6.90. The third kappa shape index (κ3) is 2.18. The van der Waals surface area contributed by atoms with Crippen LogP contribution >= 0.6 is 0 Å². The van der Waals surface area contributed by atoms with Crippen LogP contribution in [0.1, 0.15) is 11.7 Å². The molecule has 0 aromatic carbocycles. The second kappa shape index (κ2) is 4.04. The molecule has 1 rings (SSSR count). The Hall–Kier alpha value is -1.13. The van der Waals surface area contributed by atoms with Crippen LogP contribution in [-0.4, -0.2) is 18.7 Å². The number of nitrogens with one attached hydrogen (secondary N) is 1. The molecule has 0 saturated carbocycles. The SMILES string of the molecule is CNCC(O)c1ccc[n+]([O-])c1. The second-order valence-corrected chi connectivity index (χ2v) is 2.57. The topological polar surface area (TPSA) is 59.2 Å². The smallest absolute Gasteiger partial charge is 0.186 e. The first-order valence-corrected chi connectivity index (χ1v) is 3.75. The molecule has 12 heavy (non-hydrogen) atoms. The Kier molecular flexibility index (Phi) is 3.01. The summed E-state index contributed by atoms with van der Waals surface area (Å²) in [6, 6.07) is 3.33. The molecule has 1 aromatic rings. The molecular formula is C8H12N2O2. The van der Waals surface area contributed by atoms with Crippen molar-refractivity contribution in [3.63, 3.8) is 0 Å². The maximum absolute atomic E-state index is 10.8. The molecule has 0 saturated heterocycles. The van der Waals surface area contributed by atoms with Gasteiger partial charge in [0.2, 0.25) is 0 Å².